The summed E-state index contributed by atoms with van der Waals surface area (Å²) in [6.45, 7) is 3.91. The summed E-state index contributed by atoms with van der Waals surface area (Å²) in [6, 6.07) is -0.0126. The number of Topliss-reactive ketones (excluding diaryl/α,β-unsaturated/α-hetero) is 1. The lowest BCUT2D eigenvalue weighted by Crippen LogP contribution is -2.46. The molecule has 2 rings (SSSR count). The normalized spacial score (nSPS) is 38.4. The van der Waals surface area contributed by atoms with Crippen molar-refractivity contribution in [2.45, 2.75) is 38.3 Å². The molecule has 16 heavy (non-hydrogen) atoms. The van der Waals surface area contributed by atoms with E-state index < -0.39 is 11.5 Å². The zero-order valence-electron chi connectivity index (χ0n) is 9.86. The van der Waals surface area contributed by atoms with Gasteiger partial charge in [0.1, 0.15) is 5.92 Å². The van der Waals surface area contributed by atoms with E-state index in [2.05, 4.69) is 0 Å². The molecule has 90 valence electrons. The molecule has 3 atom stereocenters. The number of methoxy groups -OCH3 is 1. The Balaban J connectivity index is 2.33. The Morgan fingerprint density at radius 2 is 2.19 bits per heavy atom. The van der Waals surface area contributed by atoms with Crippen LogP contribution in [0.3, 0.4) is 0 Å². The fraction of sp³-hybridized carbons (Fsp3) is 0.818. The standard InChI is InChI=1S/C11H17NO4/c1-7(13)11(2)9(10(14)15-3)8-5-4-6-12(8)16-11/h8-9H,4-6H2,1-3H3/t8-,9+,11+/m1/s1. The Morgan fingerprint density at radius 3 is 2.75 bits per heavy atom. The van der Waals surface area contributed by atoms with Crippen molar-refractivity contribution in [3.05, 3.63) is 0 Å². The summed E-state index contributed by atoms with van der Waals surface area (Å²) in [5.74, 6) is -0.984. The van der Waals surface area contributed by atoms with Gasteiger partial charge in [0.25, 0.3) is 0 Å². The molecule has 0 aromatic rings. The number of ketones is 1. The van der Waals surface area contributed by atoms with E-state index in [1.165, 1.54) is 14.0 Å². The van der Waals surface area contributed by atoms with Crippen molar-refractivity contribution in [3.63, 3.8) is 0 Å². The third kappa shape index (κ3) is 1.46. The van der Waals surface area contributed by atoms with E-state index in [-0.39, 0.29) is 17.8 Å². The number of fused-ring (bicyclic) bond motifs is 1. The van der Waals surface area contributed by atoms with Gasteiger partial charge in [-0.15, -0.1) is 0 Å². The average Bonchev–Trinajstić information content (AvgIpc) is 2.74. The van der Waals surface area contributed by atoms with Crippen LogP contribution < -0.4 is 0 Å². The van der Waals surface area contributed by atoms with Gasteiger partial charge >= 0.3 is 5.97 Å². The second-order valence-electron chi connectivity index (χ2n) is 4.61. The molecule has 0 unspecified atom stereocenters. The minimum Gasteiger partial charge on any atom is -0.469 e. The van der Waals surface area contributed by atoms with Gasteiger partial charge in [0, 0.05) is 6.54 Å². The highest BCUT2D eigenvalue weighted by Crippen LogP contribution is 2.42. The van der Waals surface area contributed by atoms with E-state index in [9.17, 15) is 9.59 Å². The number of hydrogen-bond acceptors (Lipinski definition) is 5. The van der Waals surface area contributed by atoms with Crippen molar-refractivity contribution in [1.29, 1.82) is 0 Å². The summed E-state index contributed by atoms with van der Waals surface area (Å²) >= 11 is 0. The summed E-state index contributed by atoms with van der Waals surface area (Å²) in [4.78, 5) is 29.1. The quantitative estimate of drug-likeness (QED) is 0.644. The second-order valence-corrected chi connectivity index (χ2v) is 4.61. The molecule has 0 spiro atoms. The van der Waals surface area contributed by atoms with E-state index in [0.717, 1.165) is 19.4 Å². The zero-order valence-corrected chi connectivity index (χ0v) is 9.86. The topological polar surface area (TPSA) is 55.8 Å². The van der Waals surface area contributed by atoms with Crippen LogP contribution in [0.2, 0.25) is 0 Å². The fourth-order valence-electron chi connectivity index (χ4n) is 2.67. The van der Waals surface area contributed by atoms with Gasteiger partial charge in [-0.1, -0.05) is 0 Å². The smallest absolute Gasteiger partial charge is 0.313 e. The second kappa shape index (κ2) is 3.82. The van der Waals surface area contributed by atoms with Gasteiger partial charge in [0.2, 0.25) is 0 Å². The molecule has 2 aliphatic heterocycles. The maximum atomic E-state index is 11.8. The molecule has 0 radical (unpaired) electrons. The van der Waals surface area contributed by atoms with Crippen LogP contribution in [0.5, 0.6) is 0 Å². The number of esters is 1. The van der Waals surface area contributed by atoms with Crippen LogP contribution in [0.15, 0.2) is 0 Å². The molecule has 0 aromatic heterocycles. The maximum absolute atomic E-state index is 11.8. The van der Waals surface area contributed by atoms with Gasteiger partial charge in [-0.3, -0.25) is 14.4 Å². The van der Waals surface area contributed by atoms with E-state index in [0.29, 0.717) is 0 Å². The lowest BCUT2D eigenvalue weighted by Gasteiger charge is -2.26. The van der Waals surface area contributed by atoms with E-state index in [4.69, 9.17) is 9.57 Å². The van der Waals surface area contributed by atoms with E-state index in [1.807, 2.05) is 0 Å². The minimum absolute atomic E-state index is 0.0126. The molecule has 0 aromatic carbocycles. The first-order valence-electron chi connectivity index (χ1n) is 5.55. The first-order chi connectivity index (χ1) is 7.50. The van der Waals surface area contributed by atoms with Crippen LogP contribution in [0, 0.1) is 5.92 Å². The molecule has 2 aliphatic rings. The summed E-state index contributed by atoms with van der Waals surface area (Å²) < 4.78 is 4.79. The molecule has 0 saturated carbocycles. The first kappa shape index (κ1) is 11.5. The van der Waals surface area contributed by atoms with Crippen molar-refractivity contribution in [3.8, 4) is 0 Å². The van der Waals surface area contributed by atoms with Gasteiger partial charge in [0.15, 0.2) is 11.4 Å². The molecule has 0 aliphatic carbocycles. The first-order valence-corrected chi connectivity index (χ1v) is 5.55. The predicted octanol–water partition coefficient (Wildman–Crippen LogP) is 0.533. The lowest BCUT2D eigenvalue weighted by molar-refractivity contribution is -0.196. The number of nitrogens with zero attached hydrogens (tertiary/aromatic N) is 1. The van der Waals surface area contributed by atoms with Crippen molar-refractivity contribution >= 4 is 11.8 Å². The largest absolute Gasteiger partial charge is 0.469 e. The Bertz CT molecular complexity index is 330. The number of hydroxylamine groups is 2. The molecule has 5 heteroatoms. The highest BCUT2D eigenvalue weighted by Gasteiger charge is 2.59. The summed E-state index contributed by atoms with van der Waals surface area (Å²) in [5.41, 5.74) is -1.06. The van der Waals surface area contributed by atoms with Crippen LogP contribution in [0.25, 0.3) is 0 Å². The van der Waals surface area contributed by atoms with Crippen LogP contribution >= 0.6 is 0 Å². The number of carbonyl (C=O) groups is 2. The minimum atomic E-state index is -1.06. The Morgan fingerprint density at radius 1 is 1.50 bits per heavy atom. The lowest BCUT2D eigenvalue weighted by atomic mass is 9.81. The number of ether oxygens (including phenoxy) is 1. The van der Waals surface area contributed by atoms with Gasteiger partial charge in [-0.2, -0.15) is 5.06 Å². The van der Waals surface area contributed by atoms with Crippen LogP contribution in [0.1, 0.15) is 26.7 Å². The average molecular weight is 227 g/mol. The Labute approximate surface area is 94.6 Å². The summed E-state index contributed by atoms with van der Waals surface area (Å²) in [7, 11) is 1.35. The van der Waals surface area contributed by atoms with Crippen LogP contribution in [0.4, 0.5) is 0 Å². The van der Waals surface area contributed by atoms with Crippen molar-refractivity contribution in [2.24, 2.45) is 5.92 Å². The molecule has 2 heterocycles. The molecule has 0 bridgehead atoms. The SMILES string of the molecule is COC(=O)[C@@H]1[C@H]2CCCN2O[C@@]1(C)C(C)=O. The van der Waals surface area contributed by atoms with Gasteiger partial charge in [-0.05, 0) is 26.7 Å². The van der Waals surface area contributed by atoms with Crippen LogP contribution in [-0.2, 0) is 19.2 Å². The van der Waals surface area contributed by atoms with Crippen molar-refractivity contribution < 1.29 is 19.2 Å². The number of rotatable bonds is 2. The summed E-state index contributed by atoms with van der Waals surface area (Å²) in [5, 5.41) is 1.77. The predicted molar refractivity (Wildman–Crippen MR) is 55.4 cm³/mol. The molecule has 2 fully saturated rings. The van der Waals surface area contributed by atoms with E-state index in [1.54, 1.807) is 12.0 Å². The monoisotopic (exact) mass is 227 g/mol. The van der Waals surface area contributed by atoms with Crippen molar-refractivity contribution in [1.82, 2.24) is 5.06 Å². The molecule has 5 nitrogen and oxygen atoms in total. The highest BCUT2D eigenvalue weighted by molar-refractivity contribution is 5.91. The van der Waals surface area contributed by atoms with Gasteiger partial charge in [-0.25, -0.2) is 0 Å². The molecule has 0 amide bonds. The molecular formula is C11H17NO4. The van der Waals surface area contributed by atoms with Gasteiger partial charge in [0.05, 0.1) is 13.2 Å². The third-order valence-corrected chi connectivity index (χ3v) is 3.69. The Hall–Kier alpha value is -0.940. The van der Waals surface area contributed by atoms with Crippen molar-refractivity contribution in [2.75, 3.05) is 13.7 Å². The number of carbonyl (C=O) groups excluding carboxylic acids is 2. The molecule has 0 N–H and O–H groups in total. The molecule has 2 saturated heterocycles. The van der Waals surface area contributed by atoms with Gasteiger partial charge < -0.3 is 4.74 Å². The van der Waals surface area contributed by atoms with E-state index >= 15 is 0 Å². The fourth-order valence-corrected chi connectivity index (χ4v) is 2.67. The maximum Gasteiger partial charge on any atom is 0.313 e. The third-order valence-electron chi connectivity index (χ3n) is 3.69. The zero-order chi connectivity index (χ0) is 11.9. The summed E-state index contributed by atoms with van der Waals surface area (Å²) in [6.07, 6.45) is 1.87. The number of hydrogen-bond donors (Lipinski definition) is 0. The van der Waals surface area contributed by atoms with Crippen LogP contribution in [-0.4, -0.2) is 42.1 Å². The molecular weight excluding hydrogens is 210 g/mol. The Kier molecular flexibility index (Phi) is 2.75. The highest BCUT2D eigenvalue weighted by atomic mass is 16.7.